The van der Waals surface area contributed by atoms with Gasteiger partial charge < -0.3 is 14.4 Å². The van der Waals surface area contributed by atoms with E-state index in [1.807, 2.05) is 31.1 Å². The number of carbonyl (C=O) groups is 1. The molecule has 0 N–H and O–H groups in total. The van der Waals surface area contributed by atoms with Crippen molar-refractivity contribution in [2.24, 2.45) is 0 Å². The first-order valence-electron chi connectivity index (χ1n) is 11.6. The van der Waals surface area contributed by atoms with E-state index >= 15 is 0 Å². The first kappa shape index (κ1) is 26.6. The van der Waals surface area contributed by atoms with Crippen LogP contribution in [-0.4, -0.2) is 75.6 Å². The number of benzene rings is 2. The molecule has 12 heteroatoms. The van der Waals surface area contributed by atoms with Crippen LogP contribution in [0.1, 0.15) is 29.6 Å². The van der Waals surface area contributed by atoms with Crippen LogP contribution in [0.2, 0.25) is 0 Å². The summed E-state index contributed by atoms with van der Waals surface area (Å²) in [6, 6.07) is 9.94. The molecular weight excluding hydrogens is 524 g/mol. The van der Waals surface area contributed by atoms with Crippen molar-refractivity contribution in [2.75, 3.05) is 52.0 Å². The monoisotopic (exact) mass is 552 g/mol. The van der Waals surface area contributed by atoms with Gasteiger partial charge in [-0.2, -0.15) is 4.31 Å². The van der Waals surface area contributed by atoms with Gasteiger partial charge in [0.05, 0.1) is 15.1 Å². The number of hydrogen-bond donors (Lipinski definition) is 0. The van der Waals surface area contributed by atoms with Gasteiger partial charge in [-0.1, -0.05) is 17.8 Å². The van der Waals surface area contributed by atoms with E-state index in [1.54, 1.807) is 17.0 Å². The van der Waals surface area contributed by atoms with Gasteiger partial charge in [0.15, 0.2) is 16.6 Å². The summed E-state index contributed by atoms with van der Waals surface area (Å²) in [5.41, 5.74) is 1.15. The molecule has 0 aliphatic carbocycles. The lowest BCUT2D eigenvalue weighted by Crippen LogP contribution is -2.37. The number of aromatic nitrogens is 1. The molecule has 2 aliphatic rings. The molecule has 5 rings (SSSR count). The van der Waals surface area contributed by atoms with E-state index in [0.29, 0.717) is 48.4 Å². The number of carbonyl (C=O) groups excluding carboxylic acids is 1. The maximum atomic E-state index is 13.6. The van der Waals surface area contributed by atoms with Crippen molar-refractivity contribution >= 4 is 55.0 Å². The zero-order valence-corrected chi connectivity index (χ0v) is 22.6. The van der Waals surface area contributed by atoms with Gasteiger partial charge in [0.1, 0.15) is 0 Å². The Labute approximate surface area is 221 Å². The van der Waals surface area contributed by atoms with Gasteiger partial charge in [-0.05, 0) is 51.2 Å². The van der Waals surface area contributed by atoms with Gasteiger partial charge in [-0.25, -0.2) is 13.4 Å². The van der Waals surface area contributed by atoms with E-state index < -0.39 is 10.0 Å². The normalized spacial score (nSPS) is 15.8. The molecule has 3 heterocycles. The number of halogens is 1. The molecule has 1 saturated heterocycles. The summed E-state index contributed by atoms with van der Waals surface area (Å²) in [4.78, 5) is 22.1. The molecule has 1 amide bonds. The van der Waals surface area contributed by atoms with Gasteiger partial charge in [-0.3, -0.25) is 9.69 Å². The summed E-state index contributed by atoms with van der Waals surface area (Å²) in [6.45, 7) is 2.35. The SMILES string of the molecule is CN(C)CCN(C(=O)c1ccc(S(=O)(=O)N2CCCCC2)cc1)c1nc2cc3c(cc2s1)OCO3.Cl. The van der Waals surface area contributed by atoms with Crippen LogP contribution in [-0.2, 0) is 10.0 Å². The fourth-order valence-electron chi connectivity index (χ4n) is 4.19. The average Bonchev–Trinajstić information content (AvgIpc) is 3.48. The number of ether oxygens (including phenoxy) is 2. The molecular formula is C24H29ClN4O5S2. The number of anilines is 1. The van der Waals surface area contributed by atoms with Crippen LogP contribution in [0.4, 0.5) is 5.13 Å². The van der Waals surface area contributed by atoms with Crippen molar-refractivity contribution in [3.05, 3.63) is 42.0 Å². The number of fused-ring (bicyclic) bond motifs is 2. The zero-order valence-electron chi connectivity index (χ0n) is 20.2. The average molecular weight is 553 g/mol. The highest BCUT2D eigenvalue weighted by Crippen LogP contribution is 2.40. The van der Waals surface area contributed by atoms with Crippen LogP contribution in [0.25, 0.3) is 10.2 Å². The lowest BCUT2D eigenvalue weighted by Gasteiger charge is -2.26. The molecule has 1 aromatic heterocycles. The molecule has 1 fully saturated rings. The summed E-state index contributed by atoms with van der Waals surface area (Å²) >= 11 is 1.41. The van der Waals surface area contributed by atoms with Gasteiger partial charge >= 0.3 is 0 Å². The van der Waals surface area contributed by atoms with E-state index in [0.717, 1.165) is 29.5 Å². The molecule has 9 nitrogen and oxygen atoms in total. The minimum Gasteiger partial charge on any atom is -0.454 e. The standard InChI is InChI=1S/C24H28N4O5S2.ClH/c1-26(2)12-13-28(24-25-19-14-20-21(33-16-32-20)15-22(19)34-24)23(29)17-6-8-18(9-7-17)35(30,31)27-10-4-3-5-11-27;/h6-9,14-15H,3-5,10-13,16H2,1-2H3;1H. The Bertz CT molecular complexity index is 1300. The number of thiazole rings is 1. The van der Waals surface area contributed by atoms with E-state index in [-0.39, 0.29) is 30.0 Å². The van der Waals surface area contributed by atoms with Crippen molar-refractivity contribution in [3.8, 4) is 11.5 Å². The molecule has 2 aromatic carbocycles. The smallest absolute Gasteiger partial charge is 0.260 e. The molecule has 0 radical (unpaired) electrons. The first-order valence-corrected chi connectivity index (χ1v) is 13.9. The van der Waals surface area contributed by atoms with E-state index in [1.165, 1.54) is 27.8 Å². The molecule has 0 spiro atoms. The molecule has 2 aliphatic heterocycles. The Kier molecular flexibility index (Phi) is 8.06. The van der Waals surface area contributed by atoms with Crippen molar-refractivity contribution in [3.63, 3.8) is 0 Å². The molecule has 0 saturated carbocycles. The van der Waals surface area contributed by atoms with Gasteiger partial charge in [0.25, 0.3) is 5.91 Å². The topological polar surface area (TPSA) is 92.3 Å². The third kappa shape index (κ3) is 5.30. The third-order valence-corrected chi connectivity index (χ3v) is 9.13. The van der Waals surface area contributed by atoms with E-state index in [2.05, 4.69) is 0 Å². The number of rotatable bonds is 7. The van der Waals surface area contributed by atoms with Crippen molar-refractivity contribution in [1.29, 1.82) is 0 Å². The summed E-state index contributed by atoms with van der Waals surface area (Å²) in [7, 11) is 0.337. The molecule has 194 valence electrons. The maximum Gasteiger partial charge on any atom is 0.260 e. The number of likely N-dealkylation sites (N-methyl/N-ethyl adjacent to an activating group) is 1. The Morgan fingerprint density at radius 3 is 2.36 bits per heavy atom. The largest absolute Gasteiger partial charge is 0.454 e. The van der Waals surface area contributed by atoms with Crippen molar-refractivity contribution in [1.82, 2.24) is 14.2 Å². The molecule has 0 unspecified atom stereocenters. The quantitative estimate of drug-likeness (QED) is 0.440. The number of hydrogen-bond acceptors (Lipinski definition) is 8. The third-order valence-electron chi connectivity index (χ3n) is 6.17. The lowest BCUT2D eigenvalue weighted by molar-refractivity contribution is 0.0985. The van der Waals surface area contributed by atoms with Crippen LogP contribution in [0.5, 0.6) is 11.5 Å². The number of amides is 1. The summed E-state index contributed by atoms with van der Waals surface area (Å²) < 4.78 is 39.3. The van der Waals surface area contributed by atoms with Crippen molar-refractivity contribution in [2.45, 2.75) is 24.2 Å². The predicted octanol–water partition coefficient (Wildman–Crippen LogP) is 3.83. The van der Waals surface area contributed by atoms with Gasteiger partial charge in [-0.15, -0.1) is 12.4 Å². The highest BCUT2D eigenvalue weighted by atomic mass is 35.5. The van der Waals surface area contributed by atoms with Crippen LogP contribution < -0.4 is 14.4 Å². The van der Waals surface area contributed by atoms with Crippen molar-refractivity contribution < 1.29 is 22.7 Å². The second-order valence-corrected chi connectivity index (χ2v) is 11.9. The fraction of sp³-hybridized carbons (Fsp3) is 0.417. The first-order chi connectivity index (χ1) is 16.8. The van der Waals surface area contributed by atoms with Gasteiger partial charge in [0.2, 0.25) is 16.8 Å². The fourth-order valence-corrected chi connectivity index (χ4v) is 6.70. The number of piperidine rings is 1. The molecule has 0 bridgehead atoms. The van der Waals surface area contributed by atoms with Crippen LogP contribution in [0, 0.1) is 0 Å². The second kappa shape index (κ2) is 10.9. The second-order valence-electron chi connectivity index (χ2n) is 8.92. The highest BCUT2D eigenvalue weighted by molar-refractivity contribution is 7.89. The maximum absolute atomic E-state index is 13.6. The summed E-state index contributed by atoms with van der Waals surface area (Å²) in [5.74, 6) is 1.09. The zero-order chi connectivity index (χ0) is 24.6. The van der Waals surface area contributed by atoms with Crippen LogP contribution >= 0.6 is 23.7 Å². The van der Waals surface area contributed by atoms with Crippen LogP contribution in [0.15, 0.2) is 41.3 Å². The Balaban J connectivity index is 0.00000304. The Morgan fingerprint density at radius 2 is 1.69 bits per heavy atom. The number of nitrogens with zero attached hydrogens (tertiary/aromatic N) is 4. The predicted molar refractivity (Wildman–Crippen MR) is 142 cm³/mol. The van der Waals surface area contributed by atoms with Crippen LogP contribution in [0.3, 0.4) is 0 Å². The minimum absolute atomic E-state index is 0. The minimum atomic E-state index is -3.55. The molecule has 36 heavy (non-hydrogen) atoms. The lowest BCUT2D eigenvalue weighted by atomic mass is 10.2. The Morgan fingerprint density at radius 1 is 1.03 bits per heavy atom. The summed E-state index contributed by atoms with van der Waals surface area (Å²) in [6.07, 6.45) is 2.80. The Hall–Kier alpha value is -2.44. The molecule has 3 aromatic rings. The van der Waals surface area contributed by atoms with Gasteiger partial charge in [0, 0.05) is 43.9 Å². The van der Waals surface area contributed by atoms with E-state index in [9.17, 15) is 13.2 Å². The number of sulfonamides is 1. The molecule has 0 atom stereocenters. The van der Waals surface area contributed by atoms with E-state index in [4.69, 9.17) is 14.5 Å². The highest BCUT2D eigenvalue weighted by Gasteiger charge is 2.27. The summed E-state index contributed by atoms with van der Waals surface area (Å²) in [5, 5.41) is 0.570.